The molecule has 0 saturated carbocycles. The van der Waals surface area contributed by atoms with Gasteiger partial charge in [-0.1, -0.05) is 55.6 Å². The van der Waals surface area contributed by atoms with Gasteiger partial charge < -0.3 is 14.9 Å². The van der Waals surface area contributed by atoms with Crippen LogP contribution >= 0.6 is 34.8 Å². The number of carbonyl (C=O) groups excluding carboxylic acids is 1. The van der Waals surface area contributed by atoms with Gasteiger partial charge in [-0.15, -0.1) is 0 Å². The van der Waals surface area contributed by atoms with E-state index < -0.39 is 14.2 Å². The average molecular weight is 477 g/mol. The minimum atomic E-state index is -1.92. The largest absolute Gasteiger partial charge is 0.475 e. The Kier molecular flexibility index (Phi) is 7.56. The fourth-order valence-corrected chi connectivity index (χ4v) is 3.87. The van der Waals surface area contributed by atoms with Gasteiger partial charge in [-0.2, -0.15) is 4.98 Å². The van der Waals surface area contributed by atoms with Crippen molar-refractivity contribution in [3.8, 4) is 17.3 Å². The summed E-state index contributed by atoms with van der Waals surface area (Å²) in [6.07, 6.45) is 1.28. The minimum absolute atomic E-state index is 0.0356. The lowest BCUT2D eigenvalue weighted by Gasteiger charge is -2.36. The lowest BCUT2D eigenvalue weighted by atomic mass is 10.2. The Bertz CT molecular complexity index is 918. The van der Waals surface area contributed by atoms with Crippen molar-refractivity contribution in [2.45, 2.75) is 38.9 Å². The number of nitrogens with zero attached hydrogens (tertiary/aromatic N) is 2. The molecule has 0 bridgehead atoms. The van der Waals surface area contributed by atoms with Crippen molar-refractivity contribution in [2.75, 3.05) is 13.2 Å². The minimum Gasteiger partial charge on any atom is -0.475 e. The molecule has 2 rings (SSSR count). The number of hydrogen-bond donors (Lipinski definition) is 1. The first-order chi connectivity index (χ1) is 13.3. The molecule has 0 radical (unpaired) electrons. The van der Waals surface area contributed by atoms with Gasteiger partial charge >= 0.3 is 0 Å². The second-order valence-electron chi connectivity index (χ2n) is 7.95. The molecule has 29 heavy (non-hydrogen) atoms. The molecule has 0 aliphatic rings. The van der Waals surface area contributed by atoms with E-state index in [0.29, 0.717) is 22.2 Å². The van der Waals surface area contributed by atoms with Gasteiger partial charge in [0.15, 0.2) is 14.1 Å². The predicted molar refractivity (Wildman–Crippen MR) is 120 cm³/mol. The highest BCUT2D eigenvalue weighted by molar-refractivity contribution is 6.74. The van der Waals surface area contributed by atoms with E-state index in [1.807, 2.05) is 0 Å². The van der Waals surface area contributed by atoms with Gasteiger partial charge in [-0.25, -0.2) is 4.98 Å². The number of benzene rings is 1. The summed E-state index contributed by atoms with van der Waals surface area (Å²) >= 11 is 18.6. The van der Waals surface area contributed by atoms with Crippen LogP contribution in [0.15, 0.2) is 18.3 Å². The van der Waals surface area contributed by atoms with Crippen LogP contribution in [0.2, 0.25) is 33.2 Å². The highest BCUT2D eigenvalue weighted by Gasteiger charge is 2.37. The molecule has 1 aromatic carbocycles. The van der Waals surface area contributed by atoms with Gasteiger partial charge in [0, 0.05) is 6.20 Å². The second kappa shape index (κ2) is 9.18. The Morgan fingerprint density at radius 1 is 1.14 bits per heavy atom. The molecule has 10 heteroatoms. The normalized spacial score (nSPS) is 12.1. The number of amides is 1. The third-order valence-corrected chi connectivity index (χ3v) is 10.5. The Morgan fingerprint density at radius 3 is 2.34 bits per heavy atom. The van der Waals surface area contributed by atoms with Crippen molar-refractivity contribution in [2.24, 2.45) is 5.73 Å². The first kappa shape index (κ1) is 23.9. The number of carbonyl (C=O) groups is 1. The van der Waals surface area contributed by atoms with Crippen molar-refractivity contribution >= 4 is 49.0 Å². The van der Waals surface area contributed by atoms with E-state index in [1.54, 1.807) is 12.1 Å². The SMILES string of the molecule is CC(C)(C)[Si](C)(C)OCCOc1nc(-c2c(Cl)ccc(Cl)c2Cl)ncc1C(N)=O. The van der Waals surface area contributed by atoms with Crippen LogP contribution in [-0.4, -0.2) is 37.4 Å². The quantitative estimate of drug-likeness (QED) is 0.319. The monoisotopic (exact) mass is 475 g/mol. The Balaban J connectivity index is 2.27. The maximum atomic E-state index is 11.7. The summed E-state index contributed by atoms with van der Waals surface area (Å²) in [5.41, 5.74) is 5.82. The summed E-state index contributed by atoms with van der Waals surface area (Å²) in [6, 6.07) is 3.16. The molecule has 158 valence electrons. The smallest absolute Gasteiger partial charge is 0.255 e. The molecule has 6 nitrogen and oxygen atoms in total. The van der Waals surface area contributed by atoms with Crippen molar-refractivity contribution in [1.29, 1.82) is 0 Å². The van der Waals surface area contributed by atoms with Crippen LogP contribution in [-0.2, 0) is 4.43 Å². The molecule has 0 aliphatic heterocycles. The van der Waals surface area contributed by atoms with Crippen molar-refractivity contribution in [3.63, 3.8) is 0 Å². The van der Waals surface area contributed by atoms with Crippen LogP contribution in [0.1, 0.15) is 31.1 Å². The summed E-state index contributed by atoms with van der Waals surface area (Å²) in [7, 11) is -1.92. The van der Waals surface area contributed by atoms with Gasteiger partial charge in [0.1, 0.15) is 12.2 Å². The molecule has 0 unspecified atom stereocenters. The van der Waals surface area contributed by atoms with Crippen LogP contribution < -0.4 is 10.5 Å². The Hall–Kier alpha value is -1.38. The Labute approximate surface area is 186 Å². The van der Waals surface area contributed by atoms with E-state index in [-0.39, 0.29) is 33.9 Å². The van der Waals surface area contributed by atoms with Crippen molar-refractivity contribution < 1.29 is 14.0 Å². The second-order valence-corrected chi connectivity index (χ2v) is 14.0. The number of aromatic nitrogens is 2. The number of hydrogen-bond acceptors (Lipinski definition) is 5. The predicted octanol–water partition coefficient (Wildman–Crippen LogP) is 5.60. The molecule has 1 amide bonds. The molecule has 0 aliphatic carbocycles. The van der Waals surface area contributed by atoms with E-state index in [0.717, 1.165) is 0 Å². The zero-order chi connectivity index (χ0) is 22.0. The number of ether oxygens (including phenoxy) is 1. The van der Waals surface area contributed by atoms with Crippen LogP contribution in [0.3, 0.4) is 0 Å². The molecule has 0 fully saturated rings. The zero-order valence-electron chi connectivity index (χ0n) is 17.0. The lowest BCUT2D eigenvalue weighted by Crippen LogP contribution is -2.41. The topological polar surface area (TPSA) is 87.3 Å². The third-order valence-electron chi connectivity index (χ3n) is 4.88. The molecule has 1 heterocycles. The molecule has 1 aromatic heterocycles. The van der Waals surface area contributed by atoms with Crippen molar-refractivity contribution in [3.05, 3.63) is 39.0 Å². The summed E-state index contributed by atoms with van der Waals surface area (Å²) < 4.78 is 11.8. The van der Waals surface area contributed by atoms with Gasteiger partial charge in [-0.05, 0) is 30.3 Å². The van der Waals surface area contributed by atoms with Gasteiger partial charge in [0.05, 0.1) is 27.2 Å². The molecule has 0 saturated heterocycles. The van der Waals surface area contributed by atoms with Gasteiger partial charge in [0.2, 0.25) is 5.88 Å². The van der Waals surface area contributed by atoms with Crippen LogP contribution in [0.4, 0.5) is 0 Å². The summed E-state index contributed by atoms with van der Waals surface area (Å²) in [6.45, 7) is 11.3. The molecule has 2 N–H and O–H groups in total. The lowest BCUT2D eigenvalue weighted by molar-refractivity contribution is 0.0993. The fourth-order valence-electron chi connectivity index (χ4n) is 2.15. The average Bonchev–Trinajstić information content (AvgIpc) is 2.61. The van der Waals surface area contributed by atoms with E-state index in [1.165, 1.54) is 6.20 Å². The molecule has 0 spiro atoms. The van der Waals surface area contributed by atoms with Crippen LogP contribution in [0.25, 0.3) is 11.4 Å². The summed E-state index contributed by atoms with van der Waals surface area (Å²) in [5.74, 6) is -0.499. The highest BCUT2D eigenvalue weighted by Crippen LogP contribution is 2.38. The highest BCUT2D eigenvalue weighted by atomic mass is 35.5. The zero-order valence-corrected chi connectivity index (χ0v) is 20.2. The van der Waals surface area contributed by atoms with Crippen molar-refractivity contribution in [1.82, 2.24) is 9.97 Å². The number of rotatable bonds is 7. The first-order valence-electron chi connectivity index (χ1n) is 8.92. The molecular weight excluding hydrogens is 453 g/mol. The van der Waals surface area contributed by atoms with E-state index in [9.17, 15) is 4.79 Å². The summed E-state index contributed by atoms with van der Waals surface area (Å²) in [4.78, 5) is 20.2. The maximum Gasteiger partial charge on any atom is 0.255 e. The van der Waals surface area contributed by atoms with E-state index >= 15 is 0 Å². The number of nitrogens with two attached hydrogens (primary N) is 1. The van der Waals surface area contributed by atoms with Crippen LogP contribution in [0.5, 0.6) is 5.88 Å². The molecule has 0 atom stereocenters. The van der Waals surface area contributed by atoms with Gasteiger partial charge in [-0.3, -0.25) is 4.79 Å². The molecular formula is C19H24Cl3N3O3Si. The number of primary amides is 1. The fraction of sp³-hybridized carbons (Fsp3) is 0.421. The molecule has 2 aromatic rings. The first-order valence-corrected chi connectivity index (χ1v) is 13.0. The van der Waals surface area contributed by atoms with Crippen LogP contribution in [0, 0.1) is 0 Å². The standard InChI is InChI=1S/C19H24Cl3N3O3Si/c1-19(2,3)29(4,5)28-9-8-27-18-11(16(23)26)10-24-17(25-18)14-12(20)6-7-13(21)15(14)22/h6-7,10H,8-9H2,1-5H3,(H2,23,26). The maximum absolute atomic E-state index is 11.7. The summed E-state index contributed by atoms with van der Waals surface area (Å²) in [5, 5.41) is 0.906. The Morgan fingerprint density at radius 2 is 1.76 bits per heavy atom. The number of halogens is 3. The van der Waals surface area contributed by atoms with Gasteiger partial charge in [0.25, 0.3) is 5.91 Å². The van der Waals surface area contributed by atoms with E-state index in [4.69, 9.17) is 49.7 Å². The third kappa shape index (κ3) is 5.61. The van der Waals surface area contributed by atoms with E-state index in [2.05, 4.69) is 43.8 Å².